The Morgan fingerprint density at radius 2 is 2.24 bits per heavy atom. The maximum Gasteiger partial charge on any atom is 0.338 e. The van der Waals surface area contributed by atoms with Crippen molar-refractivity contribution < 1.29 is 14.3 Å². The monoisotopic (exact) mass is 235 g/mol. The fraction of sp³-hybridized carbons (Fsp3) is 0.462. The van der Waals surface area contributed by atoms with Crippen LogP contribution in [0.4, 0.5) is 0 Å². The number of carbonyl (C=O) groups is 1. The summed E-state index contributed by atoms with van der Waals surface area (Å²) in [7, 11) is 1.59. The Morgan fingerprint density at radius 1 is 1.47 bits per heavy atom. The van der Waals surface area contributed by atoms with E-state index in [1.807, 2.05) is 6.07 Å². The molecule has 1 aromatic carbocycles. The molecule has 4 nitrogen and oxygen atoms in total. The van der Waals surface area contributed by atoms with Crippen molar-refractivity contribution in [1.29, 1.82) is 0 Å². The number of methoxy groups -OCH3 is 1. The highest BCUT2D eigenvalue weighted by atomic mass is 16.5. The molecule has 0 saturated heterocycles. The van der Waals surface area contributed by atoms with Crippen molar-refractivity contribution in [3.8, 4) is 5.75 Å². The minimum absolute atomic E-state index is 0.0882. The third-order valence-corrected chi connectivity index (χ3v) is 3.00. The molecule has 0 aliphatic heterocycles. The van der Waals surface area contributed by atoms with Crippen molar-refractivity contribution in [1.82, 2.24) is 0 Å². The van der Waals surface area contributed by atoms with E-state index in [0.717, 1.165) is 24.0 Å². The van der Waals surface area contributed by atoms with Crippen LogP contribution >= 0.6 is 0 Å². The Bertz CT molecular complexity index is 443. The van der Waals surface area contributed by atoms with Crippen LogP contribution in [-0.2, 0) is 17.6 Å². The van der Waals surface area contributed by atoms with Crippen LogP contribution in [0.25, 0.3) is 0 Å². The van der Waals surface area contributed by atoms with Gasteiger partial charge >= 0.3 is 5.97 Å². The molecule has 0 amide bonds. The van der Waals surface area contributed by atoms with Crippen LogP contribution in [-0.4, -0.2) is 25.7 Å². The first-order valence-corrected chi connectivity index (χ1v) is 5.78. The lowest BCUT2D eigenvalue weighted by Gasteiger charge is -2.10. The number of hydrogen-bond donors (Lipinski definition) is 1. The number of carbonyl (C=O) groups excluding carboxylic acids is 1. The first-order chi connectivity index (χ1) is 8.15. The van der Waals surface area contributed by atoms with E-state index in [1.54, 1.807) is 20.1 Å². The topological polar surface area (TPSA) is 61.5 Å². The largest absolute Gasteiger partial charge is 0.497 e. The summed E-state index contributed by atoms with van der Waals surface area (Å²) in [5.74, 6) is 0.387. The number of fused-ring (bicyclic) bond motifs is 1. The Balaban J connectivity index is 2.43. The molecular formula is C13H17NO3. The zero-order valence-corrected chi connectivity index (χ0v) is 10.2. The van der Waals surface area contributed by atoms with Crippen LogP contribution < -0.4 is 10.5 Å². The molecule has 1 aromatic rings. The predicted octanol–water partition coefficient (Wildman–Crippen LogP) is 1.30. The molecule has 17 heavy (non-hydrogen) atoms. The van der Waals surface area contributed by atoms with Crippen LogP contribution in [0.1, 0.15) is 28.4 Å². The van der Waals surface area contributed by atoms with E-state index >= 15 is 0 Å². The third kappa shape index (κ3) is 2.26. The summed E-state index contributed by atoms with van der Waals surface area (Å²) < 4.78 is 10.2. The molecule has 1 aliphatic carbocycles. The second kappa shape index (κ2) is 4.75. The molecule has 0 heterocycles. The number of esters is 1. The van der Waals surface area contributed by atoms with Crippen molar-refractivity contribution in [2.45, 2.75) is 25.8 Å². The van der Waals surface area contributed by atoms with Crippen molar-refractivity contribution in [2.24, 2.45) is 5.73 Å². The van der Waals surface area contributed by atoms with E-state index in [1.165, 1.54) is 0 Å². The third-order valence-electron chi connectivity index (χ3n) is 3.00. The average molecular weight is 235 g/mol. The van der Waals surface area contributed by atoms with E-state index in [0.29, 0.717) is 17.9 Å². The van der Waals surface area contributed by atoms with E-state index in [9.17, 15) is 4.79 Å². The van der Waals surface area contributed by atoms with E-state index < -0.39 is 0 Å². The summed E-state index contributed by atoms with van der Waals surface area (Å²) in [6, 6.07) is 3.77. The highest BCUT2D eigenvalue weighted by molar-refractivity contribution is 5.92. The second-order valence-corrected chi connectivity index (χ2v) is 4.20. The molecule has 2 rings (SSSR count). The zero-order chi connectivity index (χ0) is 12.4. The van der Waals surface area contributed by atoms with Crippen molar-refractivity contribution in [3.05, 3.63) is 28.8 Å². The molecule has 2 N–H and O–H groups in total. The molecule has 1 atom stereocenters. The quantitative estimate of drug-likeness (QED) is 0.802. The lowest BCUT2D eigenvalue weighted by atomic mass is 10.0. The number of nitrogens with two attached hydrogens (primary N) is 1. The maximum atomic E-state index is 11.9. The molecule has 0 saturated carbocycles. The van der Waals surface area contributed by atoms with Gasteiger partial charge in [-0.15, -0.1) is 0 Å². The van der Waals surface area contributed by atoms with Gasteiger partial charge in [-0.2, -0.15) is 0 Å². The SMILES string of the molecule is CCOC(=O)c1cc(OC)cc2c1CC(N)C2. The molecule has 0 spiro atoms. The van der Waals surface area contributed by atoms with Gasteiger partial charge in [0, 0.05) is 6.04 Å². The molecule has 4 heteroatoms. The Labute approximate surface area is 101 Å². The summed E-state index contributed by atoms with van der Waals surface area (Å²) >= 11 is 0. The smallest absolute Gasteiger partial charge is 0.338 e. The van der Waals surface area contributed by atoms with E-state index in [2.05, 4.69) is 0 Å². The fourth-order valence-corrected chi connectivity index (χ4v) is 2.25. The first-order valence-electron chi connectivity index (χ1n) is 5.78. The Hall–Kier alpha value is -1.55. The number of ether oxygens (including phenoxy) is 2. The molecule has 92 valence electrons. The normalized spacial score (nSPS) is 17.7. The van der Waals surface area contributed by atoms with Gasteiger partial charge in [0.2, 0.25) is 0 Å². The molecular weight excluding hydrogens is 218 g/mol. The highest BCUT2D eigenvalue weighted by Crippen LogP contribution is 2.30. The van der Waals surface area contributed by atoms with Crippen LogP contribution in [0.5, 0.6) is 5.75 Å². The van der Waals surface area contributed by atoms with Crippen LogP contribution in [0.3, 0.4) is 0 Å². The molecule has 0 fully saturated rings. The minimum Gasteiger partial charge on any atom is -0.497 e. The summed E-state index contributed by atoms with van der Waals surface area (Å²) in [6.07, 6.45) is 1.52. The molecule has 0 aromatic heterocycles. The van der Waals surface area contributed by atoms with Gasteiger partial charge in [0.1, 0.15) is 5.75 Å². The summed E-state index contributed by atoms with van der Waals surface area (Å²) in [5, 5.41) is 0. The Kier molecular flexibility index (Phi) is 3.33. The first kappa shape index (κ1) is 11.9. The number of benzene rings is 1. The van der Waals surface area contributed by atoms with Crippen molar-refractivity contribution in [2.75, 3.05) is 13.7 Å². The number of hydrogen-bond acceptors (Lipinski definition) is 4. The fourth-order valence-electron chi connectivity index (χ4n) is 2.25. The molecule has 0 bridgehead atoms. The molecule has 1 unspecified atom stereocenters. The van der Waals surface area contributed by atoms with Crippen LogP contribution in [0.2, 0.25) is 0 Å². The number of rotatable bonds is 3. The minimum atomic E-state index is -0.295. The van der Waals surface area contributed by atoms with Crippen LogP contribution in [0, 0.1) is 0 Å². The van der Waals surface area contributed by atoms with Gasteiger partial charge in [-0.25, -0.2) is 4.79 Å². The summed E-state index contributed by atoms with van der Waals surface area (Å²) in [4.78, 5) is 11.9. The second-order valence-electron chi connectivity index (χ2n) is 4.20. The highest BCUT2D eigenvalue weighted by Gasteiger charge is 2.25. The van der Waals surface area contributed by atoms with Gasteiger partial charge in [0.15, 0.2) is 0 Å². The van der Waals surface area contributed by atoms with Crippen LogP contribution in [0.15, 0.2) is 12.1 Å². The Morgan fingerprint density at radius 3 is 2.88 bits per heavy atom. The average Bonchev–Trinajstić information content (AvgIpc) is 2.67. The van der Waals surface area contributed by atoms with E-state index in [-0.39, 0.29) is 12.0 Å². The van der Waals surface area contributed by atoms with Gasteiger partial charge < -0.3 is 15.2 Å². The lowest BCUT2D eigenvalue weighted by molar-refractivity contribution is 0.0524. The van der Waals surface area contributed by atoms with Gasteiger partial charge in [-0.05, 0) is 43.0 Å². The van der Waals surface area contributed by atoms with Crippen molar-refractivity contribution >= 4 is 5.97 Å². The van der Waals surface area contributed by atoms with Gasteiger partial charge in [0.25, 0.3) is 0 Å². The summed E-state index contributed by atoms with van der Waals surface area (Å²) in [6.45, 7) is 2.17. The van der Waals surface area contributed by atoms with Gasteiger partial charge in [-0.3, -0.25) is 0 Å². The van der Waals surface area contributed by atoms with Gasteiger partial charge in [-0.1, -0.05) is 0 Å². The molecule has 1 aliphatic rings. The zero-order valence-electron chi connectivity index (χ0n) is 10.2. The summed E-state index contributed by atoms with van der Waals surface area (Å²) in [5.41, 5.74) is 8.63. The predicted molar refractivity (Wildman–Crippen MR) is 64.3 cm³/mol. The van der Waals surface area contributed by atoms with Gasteiger partial charge in [0.05, 0.1) is 19.3 Å². The molecule has 0 radical (unpaired) electrons. The lowest BCUT2D eigenvalue weighted by Crippen LogP contribution is -2.19. The maximum absolute atomic E-state index is 11.9. The van der Waals surface area contributed by atoms with Crippen molar-refractivity contribution in [3.63, 3.8) is 0 Å². The van der Waals surface area contributed by atoms with E-state index in [4.69, 9.17) is 15.2 Å². The standard InChI is InChI=1S/C13H17NO3/c1-3-17-13(15)12-7-10(16-2)5-8-4-9(14)6-11(8)12/h5,7,9H,3-4,6,14H2,1-2H3.